The minimum absolute atomic E-state index is 0.258. The molecular weight excluding hydrogens is 272 g/mol. The summed E-state index contributed by atoms with van der Waals surface area (Å²) in [5.41, 5.74) is 3.35. The zero-order valence-corrected chi connectivity index (χ0v) is 13.4. The topological polar surface area (TPSA) is 50.7 Å². The Hall–Kier alpha value is -1.97. The predicted octanol–water partition coefficient (Wildman–Crippen LogP) is 3.88. The van der Waals surface area contributed by atoms with Gasteiger partial charge in [0.1, 0.15) is 0 Å². The standard InChI is InChI=1S/C18H24N4/c1-13-6-5-9-16(20-13)12-14(2)21-18-19-11-10-17(22-18)15-7-3-4-8-15/h5-6,9-11,14-15H,3-4,7-8,12H2,1-2H3,(H,19,21,22)/t14-/m1/s1. The van der Waals surface area contributed by atoms with Crippen LogP contribution in [-0.4, -0.2) is 21.0 Å². The molecule has 4 heteroatoms. The molecule has 0 bridgehead atoms. The summed E-state index contributed by atoms with van der Waals surface area (Å²) in [6.07, 6.45) is 7.93. The quantitative estimate of drug-likeness (QED) is 0.909. The van der Waals surface area contributed by atoms with Crippen LogP contribution in [0.3, 0.4) is 0 Å². The van der Waals surface area contributed by atoms with Gasteiger partial charge in [0.15, 0.2) is 0 Å². The molecule has 4 nitrogen and oxygen atoms in total. The van der Waals surface area contributed by atoms with Crippen LogP contribution < -0.4 is 5.32 Å². The molecule has 0 saturated heterocycles. The van der Waals surface area contributed by atoms with E-state index in [2.05, 4.69) is 40.4 Å². The lowest BCUT2D eigenvalue weighted by atomic mass is 10.0. The predicted molar refractivity (Wildman–Crippen MR) is 89.0 cm³/mol. The molecule has 1 fully saturated rings. The van der Waals surface area contributed by atoms with Crippen molar-refractivity contribution in [1.82, 2.24) is 15.0 Å². The lowest BCUT2D eigenvalue weighted by molar-refractivity contribution is 0.689. The van der Waals surface area contributed by atoms with Crippen LogP contribution in [0.1, 0.15) is 55.6 Å². The van der Waals surface area contributed by atoms with E-state index in [4.69, 9.17) is 4.98 Å². The van der Waals surface area contributed by atoms with Crippen molar-refractivity contribution in [3.05, 3.63) is 47.5 Å². The molecule has 1 N–H and O–H groups in total. The number of hydrogen-bond donors (Lipinski definition) is 1. The lowest BCUT2D eigenvalue weighted by Gasteiger charge is -2.15. The van der Waals surface area contributed by atoms with Crippen molar-refractivity contribution in [2.24, 2.45) is 0 Å². The molecule has 2 heterocycles. The molecule has 22 heavy (non-hydrogen) atoms. The Labute approximate surface area is 132 Å². The molecule has 116 valence electrons. The largest absolute Gasteiger partial charge is 0.351 e. The summed E-state index contributed by atoms with van der Waals surface area (Å²) in [7, 11) is 0. The number of rotatable bonds is 5. The van der Waals surface area contributed by atoms with E-state index in [9.17, 15) is 0 Å². The monoisotopic (exact) mass is 296 g/mol. The number of aryl methyl sites for hydroxylation is 1. The number of nitrogens with zero attached hydrogens (tertiary/aromatic N) is 3. The maximum absolute atomic E-state index is 4.71. The number of nitrogens with one attached hydrogen (secondary N) is 1. The van der Waals surface area contributed by atoms with Crippen LogP contribution in [0.2, 0.25) is 0 Å². The first kappa shape index (κ1) is 14.9. The highest BCUT2D eigenvalue weighted by atomic mass is 15.1. The normalized spacial score (nSPS) is 16.6. The molecule has 0 unspecified atom stereocenters. The second-order valence-corrected chi connectivity index (χ2v) is 6.31. The Kier molecular flexibility index (Phi) is 4.66. The number of aromatic nitrogens is 3. The van der Waals surface area contributed by atoms with E-state index in [1.165, 1.54) is 31.4 Å². The van der Waals surface area contributed by atoms with Crippen molar-refractivity contribution < 1.29 is 0 Å². The summed E-state index contributed by atoms with van der Waals surface area (Å²) in [6, 6.07) is 8.47. The van der Waals surface area contributed by atoms with Crippen LogP contribution in [0.5, 0.6) is 0 Å². The van der Waals surface area contributed by atoms with E-state index in [1.54, 1.807) is 0 Å². The summed E-state index contributed by atoms with van der Waals surface area (Å²) in [6.45, 7) is 4.17. The third kappa shape index (κ3) is 3.81. The van der Waals surface area contributed by atoms with Gasteiger partial charge in [-0.2, -0.15) is 0 Å². The highest BCUT2D eigenvalue weighted by molar-refractivity contribution is 5.28. The third-order valence-corrected chi connectivity index (χ3v) is 4.29. The van der Waals surface area contributed by atoms with Gasteiger partial charge in [-0.3, -0.25) is 4.98 Å². The van der Waals surface area contributed by atoms with Crippen LogP contribution in [0.25, 0.3) is 0 Å². The van der Waals surface area contributed by atoms with Crippen molar-refractivity contribution in [3.63, 3.8) is 0 Å². The molecule has 1 atom stereocenters. The van der Waals surface area contributed by atoms with Gasteiger partial charge in [0.25, 0.3) is 0 Å². The number of hydrogen-bond acceptors (Lipinski definition) is 4. The van der Waals surface area contributed by atoms with Gasteiger partial charge >= 0.3 is 0 Å². The molecule has 1 saturated carbocycles. The second kappa shape index (κ2) is 6.86. The van der Waals surface area contributed by atoms with Gasteiger partial charge in [0.2, 0.25) is 5.95 Å². The van der Waals surface area contributed by atoms with E-state index in [-0.39, 0.29) is 6.04 Å². The molecular formula is C18H24N4. The fourth-order valence-corrected chi connectivity index (χ4v) is 3.19. The van der Waals surface area contributed by atoms with Crippen LogP contribution >= 0.6 is 0 Å². The third-order valence-electron chi connectivity index (χ3n) is 4.29. The molecule has 0 aliphatic heterocycles. The van der Waals surface area contributed by atoms with E-state index < -0.39 is 0 Å². The van der Waals surface area contributed by atoms with Gasteiger partial charge in [-0.15, -0.1) is 0 Å². The summed E-state index contributed by atoms with van der Waals surface area (Å²) in [5, 5.41) is 3.41. The van der Waals surface area contributed by atoms with E-state index >= 15 is 0 Å². The summed E-state index contributed by atoms with van der Waals surface area (Å²) in [5.74, 6) is 1.36. The highest BCUT2D eigenvalue weighted by Gasteiger charge is 2.19. The lowest BCUT2D eigenvalue weighted by Crippen LogP contribution is -2.20. The van der Waals surface area contributed by atoms with Crippen molar-refractivity contribution >= 4 is 5.95 Å². The first-order valence-electron chi connectivity index (χ1n) is 8.23. The van der Waals surface area contributed by atoms with Crippen molar-refractivity contribution in [3.8, 4) is 0 Å². The summed E-state index contributed by atoms with van der Waals surface area (Å²) in [4.78, 5) is 13.6. The van der Waals surface area contributed by atoms with E-state index in [1.807, 2.05) is 19.2 Å². The Morgan fingerprint density at radius 3 is 2.77 bits per heavy atom. The van der Waals surface area contributed by atoms with E-state index in [0.717, 1.165) is 23.8 Å². The van der Waals surface area contributed by atoms with Gasteiger partial charge < -0.3 is 5.32 Å². The van der Waals surface area contributed by atoms with E-state index in [0.29, 0.717) is 5.92 Å². The maximum atomic E-state index is 4.71. The van der Waals surface area contributed by atoms with Gasteiger partial charge in [-0.05, 0) is 44.9 Å². The Morgan fingerprint density at radius 1 is 1.18 bits per heavy atom. The number of anilines is 1. The van der Waals surface area contributed by atoms with Gasteiger partial charge in [0.05, 0.1) is 0 Å². The first-order chi connectivity index (χ1) is 10.7. The zero-order chi connectivity index (χ0) is 15.4. The Balaban J connectivity index is 1.63. The molecule has 2 aromatic rings. The SMILES string of the molecule is Cc1cccc(C[C@@H](C)Nc2nccc(C3CCCC3)n2)n1. The van der Waals surface area contributed by atoms with Crippen molar-refractivity contribution in [2.45, 2.75) is 57.9 Å². The van der Waals surface area contributed by atoms with Gasteiger partial charge in [0, 0.05) is 41.7 Å². The Bertz CT molecular complexity index is 620. The first-order valence-corrected chi connectivity index (χ1v) is 8.23. The average molecular weight is 296 g/mol. The molecule has 0 aromatic carbocycles. The minimum atomic E-state index is 0.258. The van der Waals surface area contributed by atoms with Gasteiger partial charge in [-0.1, -0.05) is 18.9 Å². The molecule has 0 amide bonds. The van der Waals surface area contributed by atoms with Crippen molar-refractivity contribution in [2.75, 3.05) is 5.32 Å². The molecule has 0 radical (unpaired) electrons. The Morgan fingerprint density at radius 2 is 2.00 bits per heavy atom. The van der Waals surface area contributed by atoms with Crippen LogP contribution in [0.15, 0.2) is 30.5 Å². The summed E-state index contributed by atoms with van der Waals surface area (Å²) < 4.78 is 0. The van der Waals surface area contributed by atoms with Crippen LogP contribution in [0.4, 0.5) is 5.95 Å². The minimum Gasteiger partial charge on any atom is -0.351 e. The molecule has 1 aliphatic rings. The van der Waals surface area contributed by atoms with Crippen LogP contribution in [0, 0.1) is 6.92 Å². The molecule has 2 aromatic heterocycles. The van der Waals surface area contributed by atoms with Crippen molar-refractivity contribution in [1.29, 1.82) is 0 Å². The zero-order valence-electron chi connectivity index (χ0n) is 13.4. The number of pyridine rings is 1. The molecule has 1 aliphatic carbocycles. The average Bonchev–Trinajstić information content (AvgIpc) is 3.01. The summed E-state index contributed by atoms with van der Waals surface area (Å²) >= 11 is 0. The van der Waals surface area contributed by atoms with Gasteiger partial charge in [-0.25, -0.2) is 9.97 Å². The molecule has 0 spiro atoms. The smallest absolute Gasteiger partial charge is 0.223 e. The fraction of sp³-hybridized carbons (Fsp3) is 0.500. The maximum Gasteiger partial charge on any atom is 0.223 e. The second-order valence-electron chi connectivity index (χ2n) is 6.31. The fourth-order valence-electron chi connectivity index (χ4n) is 3.19. The van der Waals surface area contributed by atoms with Crippen LogP contribution in [-0.2, 0) is 6.42 Å². The molecule has 3 rings (SSSR count). The highest BCUT2D eigenvalue weighted by Crippen LogP contribution is 2.33.